The predicted molar refractivity (Wildman–Crippen MR) is 54.4 cm³/mol. The SMILES string of the molecule is Cc1ccncc1NC(=O)C(C)C(=O)O. The summed E-state index contributed by atoms with van der Waals surface area (Å²) in [4.78, 5) is 25.8. The molecule has 0 aliphatic rings. The fourth-order valence-electron chi connectivity index (χ4n) is 0.948. The number of carboxylic acids is 1. The van der Waals surface area contributed by atoms with E-state index in [-0.39, 0.29) is 0 Å². The molecule has 15 heavy (non-hydrogen) atoms. The van der Waals surface area contributed by atoms with Crippen LogP contribution >= 0.6 is 0 Å². The number of rotatable bonds is 3. The molecule has 1 unspecified atom stereocenters. The smallest absolute Gasteiger partial charge is 0.315 e. The van der Waals surface area contributed by atoms with Crippen molar-refractivity contribution in [3.05, 3.63) is 24.0 Å². The molecule has 1 aromatic rings. The molecule has 0 aliphatic heterocycles. The lowest BCUT2D eigenvalue weighted by Gasteiger charge is -2.09. The Hall–Kier alpha value is -1.91. The highest BCUT2D eigenvalue weighted by atomic mass is 16.4. The third kappa shape index (κ3) is 2.77. The standard InChI is InChI=1S/C10H12N2O3/c1-6-3-4-11-5-8(6)12-9(13)7(2)10(14)15/h3-5,7H,1-2H3,(H,12,13)(H,14,15). The number of aromatic nitrogens is 1. The number of pyridine rings is 1. The maximum atomic E-state index is 11.4. The molecule has 80 valence electrons. The summed E-state index contributed by atoms with van der Waals surface area (Å²) in [5, 5.41) is 11.1. The number of amides is 1. The first-order chi connectivity index (χ1) is 7.02. The topological polar surface area (TPSA) is 79.3 Å². The summed E-state index contributed by atoms with van der Waals surface area (Å²) in [7, 11) is 0. The van der Waals surface area contributed by atoms with Crippen molar-refractivity contribution in [2.24, 2.45) is 5.92 Å². The highest BCUT2D eigenvalue weighted by Crippen LogP contribution is 2.12. The molecule has 2 N–H and O–H groups in total. The Bertz CT molecular complexity index is 390. The van der Waals surface area contributed by atoms with Crippen LogP contribution < -0.4 is 5.32 Å². The number of carboxylic acid groups (broad SMARTS) is 1. The first kappa shape index (κ1) is 11.2. The summed E-state index contributed by atoms with van der Waals surface area (Å²) in [6.07, 6.45) is 3.09. The zero-order valence-corrected chi connectivity index (χ0v) is 8.52. The van der Waals surface area contributed by atoms with Gasteiger partial charge in [0, 0.05) is 6.20 Å². The Kier molecular flexibility index (Phi) is 3.38. The van der Waals surface area contributed by atoms with Gasteiger partial charge in [0.1, 0.15) is 5.92 Å². The molecule has 0 spiro atoms. The van der Waals surface area contributed by atoms with Crippen molar-refractivity contribution < 1.29 is 14.7 Å². The first-order valence-corrected chi connectivity index (χ1v) is 4.46. The third-order valence-electron chi connectivity index (χ3n) is 2.06. The summed E-state index contributed by atoms with van der Waals surface area (Å²) in [5.74, 6) is -2.75. The van der Waals surface area contributed by atoms with Crippen molar-refractivity contribution >= 4 is 17.6 Å². The van der Waals surface area contributed by atoms with Gasteiger partial charge < -0.3 is 10.4 Å². The molecule has 1 heterocycles. The van der Waals surface area contributed by atoms with Gasteiger partial charge in [-0.2, -0.15) is 0 Å². The average molecular weight is 208 g/mol. The van der Waals surface area contributed by atoms with Gasteiger partial charge in [-0.3, -0.25) is 14.6 Å². The first-order valence-electron chi connectivity index (χ1n) is 4.46. The van der Waals surface area contributed by atoms with Crippen LogP contribution in [0.25, 0.3) is 0 Å². The number of hydrogen-bond donors (Lipinski definition) is 2. The maximum absolute atomic E-state index is 11.4. The number of aryl methyl sites for hydroxylation is 1. The number of nitrogens with zero attached hydrogens (tertiary/aromatic N) is 1. The van der Waals surface area contributed by atoms with Gasteiger partial charge >= 0.3 is 5.97 Å². The lowest BCUT2D eigenvalue weighted by atomic mass is 10.1. The van der Waals surface area contributed by atoms with E-state index in [1.165, 1.54) is 13.1 Å². The molecule has 0 aromatic carbocycles. The lowest BCUT2D eigenvalue weighted by molar-refractivity contribution is -0.144. The fourth-order valence-corrected chi connectivity index (χ4v) is 0.948. The largest absolute Gasteiger partial charge is 0.481 e. The predicted octanol–water partition coefficient (Wildman–Crippen LogP) is 1.05. The molecular formula is C10H12N2O3. The monoisotopic (exact) mass is 208 g/mol. The van der Waals surface area contributed by atoms with E-state index in [0.29, 0.717) is 5.69 Å². The van der Waals surface area contributed by atoms with Gasteiger partial charge in [0.2, 0.25) is 5.91 Å². The van der Waals surface area contributed by atoms with E-state index in [9.17, 15) is 9.59 Å². The molecule has 0 saturated carbocycles. The molecule has 1 amide bonds. The highest BCUT2D eigenvalue weighted by molar-refractivity contribution is 6.04. The number of hydrogen-bond acceptors (Lipinski definition) is 3. The number of aliphatic carboxylic acids is 1. The van der Waals surface area contributed by atoms with Gasteiger partial charge in [0.25, 0.3) is 0 Å². The molecule has 5 heteroatoms. The average Bonchev–Trinajstić information content (AvgIpc) is 2.20. The second-order valence-electron chi connectivity index (χ2n) is 3.24. The number of anilines is 1. The van der Waals surface area contributed by atoms with E-state index in [2.05, 4.69) is 10.3 Å². The van der Waals surface area contributed by atoms with Gasteiger partial charge in [-0.1, -0.05) is 0 Å². The number of nitrogens with one attached hydrogen (secondary N) is 1. The molecule has 1 atom stereocenters. The third-order valence-corrected chi connectivity index (χ3v) is 2.06. The van der Waals surface area contributed by atoms with Crippen LogP contribution in [-0.4, -0.2) is 22.0 Å². The zero-order chi connectivity index (χ0) is 11.4. The van der Waals surface area contributed by atoms with Gasteiger partial charge in [0.05, 0.1) is 11.9 Å². The van der Waals surface area contributed by atoms with Gasteiger partial charge in [0.15, 0.2) is 0 Å². The Labute approximate surface area is 87.1 Å². The molecule has 0 fully saturated rings. The second kappa shape index (κ2) is 4.54. The van der Waals surface area contributed by atoms with Crippen LogP contribution in [0.4, 0.5) is 5.69 Å². The van der Waals surface area contributed by atoms with Crippen molar-refractivity contribution in [1.29, 1.82) is 0 Å². The van der Waals surface area contributed by atoms with Crippen molar-refractivity contribution in [2.45, 2.75) is 13.8 Å². The fraction of sp³-hybridized carbons (Fsp3) is 0.300. The van der Waals surface area contributed by atoms with Crippen LogP contribution in [0.2, 0.25) is 0 Å². The van der Waals surface area contributed by atoms with Crippen LogP contribution in [0, 0.1) is 12.8 Å². The summed E-state index contributed by atoms with van der Waals surface area (Å²) in [6.45, 7) is 3.14. The summed E-state index contributed by atoms with van der Waals surface area (Å²) in [5.41, 5.74) is 1.38. The molecule has 5 nitrogen and oxygen atoms in total. The Morgan fingerprint density at radius 1 is 1.53 bits per heavy atom. The van der Waals surface area contributed by atoms with E-state index >= 15 is 0 Å². The van der Waals surface area contributed by atoms with Gasteiger partial charge in [-0.15, -0.1) is 0 Å². The van der Waals surface area contributed by atoms with Crippen molar-refractivity contribution in [3.8, 4) is 0 Å². The van der Waals surface area contributed by atoms with Crippen molar-refractivity contribution in [3.63, 3.8) is 0 Å². The minimum atomic E-state index is -1.14. The summed E-state index contributed by atoms with van der Waals surface area (Å²) >= 11 is 0. The molecule has 0 bridgehead atoms. The Morgan fingerprint density at radius 3 is 2.73 bits per heavy atom. The van der Waals surface area contributed by atoms with Gasteiger partial charge in [-0.25, -0.2) is 0 Å². The summed E-state index contributed by atoms with van der Waals surface area (Å²) in [6, 6.07) is 1.74. The lowest BCUT2D eigenvalue weighted by Crippen LogP contribution is -2.27. The minimum Gasteiger partial charge on any atom is -0.481 e. The van der Waals surface area contributed by atoms with Crippen LogP contribution in [0.1, 0.15) is 12.5 Å². The maximum Gasteiger partial charge on any atom is 0.315 e. The van der Waals surface area contributed by atoms with Crippen molar-refractivity contribution in [2.75, 3.05) is 5.32 Å². The van der Waals surface area contributed by atoms with E-state index < -0.39 is 17.8 Å². The minimum absolute atomic E-state index is 0.538. The van der Waals surface area contributed by atoms with E-state index in [1.54, 1.807) is 12.3 Å². The molecule has 0 radical (unpaired) electrons. The quantitative estimate of drug-likeness (QED) is 0.727. The molecular weight excluding hydrogens is 196 g/mol. The number of carbonyl (C=O) groups is 2. The molecule has 0 aliphatic carbocycles. The second-order valence-corrected chi connectivity index (χ2v) is 3.24. The zero-order valence-electron chi connectivity index (χ0n) is 8.52. The molecule has 1 aromatic heterocycles. The Balaban J connectivity index is 2.75. The van der Waals surface area contributed by atoms with Crippen LogP contribution in [0.3, 0.4) is 0 Å². The van der Waals surface area contributed by atoms with E-state index in [0.717, 1.165) is 5.56 Å². The Morgan fingerprint density at radius 2 is 2.20 bits per heavy atom. The van der Waals surface area contributed by atoms with Crippen LogP contribution in [-0.2, 0) is 9.59 Å². The van der Waals surface area contributed by atoms with E-state index in [4.69, 9.17) is 5.11 Å². The molecule has 1 rings (SSSR count). The number of carbonyl (C=O) groups excluding carboxylic acids is 1. The van der Waals surface area contributed by atoms with Gasteiger partial charge in [-0.05, 0) is 25.5 Å². The summed E-state index contributed by atoms with van der Waals surface area (Å²) < 4.78 is 0. The normalized spacial score (nSPS) is 11.9. The van der Waals surface area contributed by atoms with E-state index in [1.807, 2.05) is 6.92 Å². The van der Waals surface area contributed by atoms with Crippen LogP contribution in [0.15, 0.2) is 18.5 Å². The van der Waals surface area contributed by atoms with Crippen molar-refractivity contribution in [1.82, 2.24) is 4.98 Å². The molecule has 0 saturated heterocycles. The highest BCUT2D eigenvalue weighted by Gasteiger charge is 2.20. The van der Waals surface area contributed by atoms with Crippen LogP contribution in [0.5, 0.6) is 0 Å².